The second-order valence-electron chi connectivity index (χ2n) is 5.22. The van der Waals surface area contributed by atoms with Gasteiger partial charge in [-0.15, -0.1) is 11.6 Å². The van der Waals surface area contributed by atoms with Crippen molar-refractivity contribution in [1.82, 2.24) is 0 Å². The highest BCUT2D eigenvalue weighted by molar-refractivity contribution is 7.87. The third-order valence-electron chi connectivity index (χ3n) is 4.28. The van der Waals surface area contributed by atoms with E-state index in [2.05, 4.69) is 0 Å². The number of carbonyl (C=O) groups excluding carboxylic acids is 1. The van der Waals surface area contributed by atoms with Crippen molar-refractivity contribution in [2.75, 3.05) is 5.88 Å². The van der Waals surface area contributed by atoms with Crippen LogP contribution in [0.25, 0.3) is 0 Å². The van der Waals surface area contributed by atoms with Crippen LogP contribution in [0.4, 0.5) is 0 Å². The van der Waals surface area contributed by atoms with Crippen LogP contribution in [0.15, 0.2) is 0 Å². The number of hydrogen-bond donors (Lipinski definition) is 0. The molecule has 0 aromatic rings. The number of fused-ring (bicyclic) bond motifs is 1. The first kappa shape index (κ1) is 12.7. The van der Waals surface area contributed by atoms with Gasteiger partial charge in [0.25, 0.3) is 10.1 Å². The lowest BCUT2D eigenvalue weighted by atomic mass is 9.67. The number of carbonyl (C=O) groups is 1. The van der Waals surface area contributed by atoms with Crippen molar-refractivity contribution in [3.8, 4) is 0 Å². The van der Waals surface area contributed by atoms with Gasteiger partial charge in [0, 0.05) is 11.8 Å². The summed E-state index contributed by atoms with van der Waals surface area (Å²) < 4.78 is 34.1. The molecule has 5 nitrogen and oxygen atoms in total. The molecular formula is C11H15ClO5S. The van der Waals surface area contributed by atoms with E-state index in [0.717, 1.165) is 12.8 Å². The van der Waals surface area contributed by atoms with Gasteiger partial charge in [0.05, 0.1) is 11.7 Å². The van der Waals surface area contributed by atoms with Crippen LogP contribution in [0.3, 0.4) is 0 Å². The standard InChI is InChI=1S/C11H15ClO5S/c12-4-3-9(13)16-10-6-1-2-7-8(5-6)18(14,15)17-11(7)10/h6-8,10-11H,1-5H2. The largest absolute Gasteiger partial charge is 0.459 e. The van der Waals surface area contributed by atoms with Gasteiger partial charge in [-0.3, -0.25) is 8.98 Å². The zero-order chi connectivity index (χ0) is 12.9. The summed E-state index contributed by atoms with van der Waals surface area (Å²) in [6.07, 6.45) is 1.60. The van der Waals surface area contributed by atoms with Crippen molar-refractivity contribution >= 4 is 27.7 Å². The van der Waals surface area contributed by atoms with E-state index in [0.29, 0.717) is 6.42 Å². The Morgan fingerprint density at radius 1 is 1.39 bits per heavy atom. The molecule has 18 heavy (non-hydrogen) atoms. The van der Waals surface area contributed by atoms with Gasteiger partial charge in [0.2, 0.25) is 0 Å². The molecule has 0 amide bonds. The number of alkyl halides is 1. The molecule has 5 unspecified atom stereocenters. The minimum atomic E-state index is -3.45. The Morgan fingerprint density at radius 3 is 2.89 bits per heavy atom. The molecule has 3 saturated carbocycles. The lowest BCUT2D eigenvalue weighted by Crippen LogP contribution is -2.51. The number of rotatable bonds is 3. The van der Waals surface area contributed by atoms with E-state index in [1.807, 2.05) is 0 Å². The molecule has 4 aliphatic rings. The molecule has 1 heterocycles. The SMILES string of the molecule is O=C(CCCl)OC1C2CCC3C1OS(=O)(=O)C3C2. The molecule has 0 spiro atoms. The van der Waals surface area contributed by atoms with E-state index in [9.17, 15) is 13.2 Å². The summed E-state index contributed by atoms with van der Waals surface area (Å²) >= 11 is 5.49. The number of halogens is 1. The number of ether oxygens (including phenoxy) is 1. The van der Waals surface area contributed by atoms with Crippen LogP contribution >= 0.6 is 11.6 Å². The third kappa shape index (κ3) is 1.85. The van der Waals surface area contributed by atoms with Crippen LogP contribution in [0, 0.1) is 11.8 Å². The fraction of sp³-hybridized carbons (Fsp3) is 0.909. The Kier molecular flexibility index (Phi) is 3.07. The van der Waals surface area contributed by atoms with Crippen LogP contribution in [0.1, 0.15) is 25.7 Å². The monoisotopic (exact) mass is 294 g/mol. The first-order valence-electron chi connectivity index (χ1n) is 6.20. The van der Waals surface area contributed by atoms with Crippen LogP contribution < -0.4 is 0 Å². The molecule has 5 atom stereocenters. The van der Waals surface area contributed by atoms with E-state index in [-0.39, 0.29) is 35.4 Å². The maximum Gasteiger partial charge on any atom is 0.307 e. The van der Waals surface area contributed by atoms with E-state index in [4.69, 9.17) is 20.5 Å². The summed E-state index contributed by atoms with van der Waals surface area (Å²) in [5.74, 6) is -0.0473. The van der Waals surface area contributed by atoms with Crippen LogP contribution in [-0.4, -0.2) is 37.7 Å². The average molecular weight is 295 g/mol. The second-order valence-corrected chi connectivity index (χ2v) is 7.38. The smallest absolute Gasteiger partial charge is 0.307 e. The highest BCUT2D eigenvalue weighted by Crippen LogP contribution is 2.52. The van der Waals surface area contributed by atoms with Gasteiger partial charge in [0.1, 0.15) is 12.2 Å². The van der Waals surface area contributed by atoms with Crippen molar-refractivity contribution in [2.24, 2.45) is 11.8 Å². The summed E-state index contributed by atoms with van der Waals surface area (Å²) in [7, 11) is -3.45. The van der Waals surface area contributed by atoms with Crippen molar-refractivity contribution in [3.63, 3.8) is 0 Å². The van der Waals surface area contributed by atoms with Gasteiger partial charge in [-0.05, 0) is 25.2 Å². The molecule has 4 rings (SSSR count). The Morgan fingerprint density at radius 2 is 2.17 bits per heavy atom. The molecule has 1 saturated heterocycles. The van der Waals surface area contributed by atoms with Crippen molar-refractivity contribution in [3.05, 3.63) is 0 Å². The maximum atomic E-state index is 11.8. The van der Waals surface area contributed by atoms with Gasteiger partial charge in [-0.2, -0.15) is 8.42 Å². The third-order valence-corrected chi connectivity index (χ3v) is 6.24. The van der Waals surface area contributed by atoms with Crippen molar-refractivity contribution < 1.29 is 22.1 Å². The van der Waals surface area contributed by atoms with Gasteiger partial charge < -0.3 is 4.74 Å². The fourth-order valence-electron chi connectivity index (χ4n) is 3.50. The maximum absolute atomic E-state index is 11.8. The molecule has 7 heteroatoms. The Labute approximate surface area is 111 Å². The lowest BCUT2D eigenvalue weighted by Gasteiger charge is -2.43. The van der Waals surface area contributed by atoms with Crippen LogP contribution in [-0.2, 0) is 23.8 Å². The molecule has 4 fully saturated rings. The first-order chi connectivity index (χ1) is 8.53. The van der Waals surface area contributed by atoms with E-state index in [1.165, 1.54) is 0 Å². The molecule has 3 aliphatic carbocycles. The average Bonchev–Trinajstić information content (AvgIpc) is 2.54. The Hall–Kier alpha value is -0.330. The van der Waals surface area contributed by atoms with E-state index in [1.54, 1.807) is 0 Å². The quantitative estimate of drug-likeness (QED) is 0.442. The molecule has 1 aliphatic heterocycles. The van der Waals surface area contributed by atoms with Crippen molar-refractivity contribution in [1.29, 1.82) is 0 Å². The summed E-state index contributed by atoms with van der Waals surface area (Å²) in [6, 6.07) is 0. The Balaban J connectivity index is 1.80. The molecular weight excluding hydrogens is 280 g/mol. The predicted molar refractivity (Wildman–Crippen MR) is 63.6 cm³/mol. The zero-order valence-corrected chi connectivity index (χ0v) is 11.3. The first-order valence-corrected chi connectivity index (χ1v) is 8.21. The number of esters is 1. The minimum Gasteiger partial charge on any atom is -0.459 e. The second kappa shape index (κ2) is 4.35. The molecule has 0 aromatic carbocycles. The van der Waals surface area contributed by atoms with E-state index < -0.39 is 22.3 Å². The van der Waals surface area contributed by atoms with Gasteiger partial charge in [0.15, 0.2) is 0 Å². The molecule has 102 valence electrons. The summed E-state index contributed by atoms with van der Waals surface area (Å²) in [5.41, 5.74) is 0. The van der Waals surface area contributed by atoms with Gasteiger partial charge in [-0.1, -0.05) is 0 Å². The van der Waals surface area contributed by atoms with Crippen LogP contribution in [0.2, 0.25) is 0 Å². The lowest BCUT2D eigenvalue weighted by molar-refractivity contribution is -0.166. The molecule has 0 radical (unpaired) electrons. The topological polar surface area (TPSA) is 69.7 Å². The summed E-state index contributed by atoms with van der Waals surface area (Å²) in [4.78, 5) is 11.5. The minimum absolute atomic E-state index is 0.00574. The number of hydrogen-bond acceptors (Lipinski definition) is 5. The van der Waals surface area contributed by atoms with Crippen molar-refractivity contribution in [2.45, 2.75) is 43.1 Å². The molecule has 0 aromatic heterocycles. The van der Waals surface area contributed by atoms with Gasteiger partial charge >= 0.3 is 5.97 Å². The summed E-state index contributed by atoms with van der Waals surface area (Å²) in [6.45, 7) is 0. The molecule has 0 N–H and O–H groups in total. The zero-order valence-electron chi connectivity index (χ0n) is 9.75. The predicted octanol–water partition coefficient (Wildman–Crippen LogP) is 1.05. The Bertz CT molecular complexity index is 462. The summed E-state index contributed by atoms with van der Waals surface area (Å²) in [5, 5.41) is -0.385. The normalized spacial score (nSPS) is 43.9. The highest BCUT2D eigenvalue weighted by atomic mass is 35.5. The van der Waals surface area contributed by atoms with E-state index >= 15 is 0 Å². The molecule has 4 bridgehead atoms. The van der Waals surface area contributed by atoms with Crippen LogP contribution in [0.5, 0.6) is 0 Å². The van der Waals surface area contributed by atoms with Gasteiger partial charge in [-0.25, -0.2) is 0 Å². The fourth-order valence-corrected chi connectivity index (χ4v) is 5.57. The highest BCUT2D eigenvalue weighted by Gasteiger charge is 2.61.